The predicted molar refractivity (Wildman–Crippen MR) is 286 cm³/mol. The van der Waals surface area contributed by atoms with Crippen LogP contribution in [0.1, 0.15) is 5.56 Å². The summed E-state index contributed by atoms with van der Waals surface area (Å²) in [4.78, 5) is 0. The lowest BCUT2D eigenvalue weighted by molar-refractivity contribution is 0.387. The molecule has 9 aromatic rings. The third-order valence-corrected chi connectivity index (χ3v) is 25.0. The Kier molecular flexibility index (Phi) is 14.9. The number of nitrogens with zero attached hydrogens (tertiary/aromatic N) is 2. The molecule has 0 N–H and O–H groups in total. The van der Waals surface area contributed by atoms with Crippen LogP contribution < -0.4 is 39.3 Å². The molecule has 0 spiro atoms. The average Bonchev–Trinajstić information content (AvgIpc) is 3.40. The van der Waals surface area contributed by atoms with Crippen molar-refractivity contribution in [3.63, 3.8) is 0 Å². The summed E-state index contributed by atoms with van der Waals surface area (Å²) in [6.07, 6.45) is 4.15. The van der Waals surface area contributed by atoms with Gasteiger partial charge in [0.2, 0.25) is 0 Å². The van der Waals surface area contributed by atoms with Gasteiger partial charge in [0.25, 0.3) is 0 Å². The van der Waals surface area contributed by atoms with Gasteiger partial charge in [0.1, 0.15) is 23.0 Å². The van der Waals surface area contributed by atoms with Gasteiger partial charge in [-0.15, -0.1) is 0 Å². The zero-order valence-electron chi connectivity index (χ0n) is 37.3. The Labute approximate surface area is 404 Å². The van der Waals surface area contributed by atoms with E-state index in [0.717, 1.165) is 26.8 Å². The summed E-state index contributed by atoms with van der Waals surface area (Å²) in [6, 6.07) is 85.1. The van der Waals surface area contributed by atoms with E-state index in [4.69, 9.17) is 27.1 Å². The second-order valence-electron chi connectivity index (χ2n) is 15.6. The molecule has 8 nitrogen and oxygen atoms in total. The van der Waals surface area contributed by atoms with Gasteiger partial charge < -0.3 is 18.1 Å². The average molecular weight is 981 g/mol. The Morgan fingerprint density at radius 3 is 0.768 bits per heavy atom. The molecule has 0 bridgehead atoms. The fourth-order valence-electron chi connectivity index (χ4n) is 8.01. The molecule has 0 saturated heterocycles. The third kappa shape index (κ3) is 11.1. The fraction of sp³-hybridized carbons (Fsp3) is 0.0175. The largest absolute Gasteiger partial charge is 0.562 e. The van der Waals surface area contributed by atoms with Gasteiger partial charge >= 0.3 is 15.5 Å². The van der Waals surface area contributed by atoms with Crippen LogP contribution in [0.4, 0.5) is 0 Å². The first-order chi connectivity index (χ1) is 33.9. The van der Waals surface area contributed by atoms with Crippen molar-refractivity contribution in [3.05, 3.63) is 285 Å². The Balaban J connectivity index is 1.51. The SMILES string of the molecule is O=P(N=P(c1ccccc1)(c1ccccc1)C(/C=C/c1ccccc1)P(=NP(=O)(Oc1ccccc1)Oc1ccccc1)(c1ccccc1)c1ccccc1)(Oc1ccccc1)Oc1ccccc1. The smallest absolute Gasteiger partial charge is 0.399 e. The zero-order valence-corrected chi connectivity index (χ0v) is 40.9. The van der Waals surface area contributed by atoms with Crippen LogP contribution in [0.25, 0.3) is 6.08 Å². The Morgan fingerprint density at radius 1 is 0.304 bits per heavy atom. The highest BCUT2D eigenvalue weighted by atomic mass is 31.3. The second kappa shape index (κ2) is 21.9. The van der Waals surface area contributed by atoms with Gasteiger partial charge in [-0.1, -0.05) is 237 Å². The van der Waals surface area contributed by atoms with Gasteiger partial charge in [-0.2, -0.15) is 9.03 Å². The van der Waals surface area contributed by atoms with Gasteiger partial charge in [0, 0.05) is 0 Å². The molecule has 12 heteroatoms. The van der Waals surface area contributed by atoms with E-state index in [-0.39, 0.29) is 0 Å². The van der Waals surface area contributed by atoms with E-state index in [2.05, 4.69) is 6.08 Å². The van der Waals surface area contributed by atoms with E-state index >= 15 is 9.13 Å². The maximum atomic E-state index is 16.5. The van der Waals surface area contributed by atoms with E-state index in [9.17, 15) is 0 Å². The maximum Gasteiger partial charge on any atom is 0.562 e. The lowest BCUT2D eigenvalue weighted by atomic mass is 10.2. The minimum atomic E-state index is -4.69. The summed E-state index contributed by atoms with van der Waals surface area (Å²) in [5.74, 6) is 1.19. The van der Waals surface area contributed by atoms with Gasteiger partial charge in [0.05, 0.1) is 19.5 Å². The molecule has 342 valence electrons. The van der Waals surface area contributed by atoms with Gasteiger partial charge in [-0.3, -0.25) is 0 Å². The van der Waals surface area contributed by atoms with Crippen LogP contribution in [-0.2, 0) is 9.13 Å². The Morgan fingerprint density at radius 2 is 0.522 bits per heavy atom. The van der Waals surface area contributed by atoms with E-state index in [1.54, 1.807) is 48.5 Å². The molecule has 0 aliphatic carbocycles. The molecule has 0 atom stereocenters. The van der Waals surface area contributed by atoms with Crippen LogP contribution in [-0.4, -0.2) is 5.40 Å². The number of allylic oxidation sites excluding steroid dienone is 1. The van der Waals surface area contributed by atoms with E-state index < -0.39 is 35.0 Å². The van der Waals surface area contributed by atoms with Gasteiger partial charge in [-0.05, 0) is 75.3 Å². The van der Waals surface area contributed by atoms with Crippen LogP contribution in [0.2, 0.25) is 0 Å². The molecule has 69 heavy (non-hydrogen) atoms. The normalized spacial score (nSPS) is 12.0. The molecule has 0 aliphatic heterocycles. The van der Waals surface area contributed by atoms with Crippen molar-refractivity contribution in [2.45, 2.75) is 5.40 Å². The van der Waals surface area contributed by atoms with Crippen molar-refractivity contribution in [3.8, 4) is 23.0 Å². The predicted octanol–water partition coefficient (Wildman–Crippen LogP) is 15.3. The van der Waals surface area contributed by atoms with Crippen LogP contribution in [0.5, 0.6) is 23.0 Å². The van der Waals surface area contributed by atoms with Crippen molar-refractivity contribution in [1.82, 2.24) is 0 Å². The standard InChI is InChI=1S/C57H48N2O6P4/c60-68(62-49-30-12-2-13-31-49,63-50-32-14-3-15-33-50)58-66(53-38-20-6-21-39-53,54-40-22-7-23-41-54)57(47-46-48-28-10-1-11-29-48)67(55-42-24-8-25-43-55,56-44-26-9-27-45-56)59-69(61,64-51-34-16-4-17-35-51)65-52-36-18-5-19-37-52/h1-47,57H/b47-46+. The van der Waals surface area contributed by atoms with Crippen molar-refractivity contribution in [2.24, 2.45) is 9.03 Å². The first kappa shape index (κ1) is 46.9. The van der Waals surface area contributed by atoms with Crippen molar-refractivity contribution < 1.29 is 27.2 Å². The number of hydrogen-bond acceptors (Lipinski definition) is 6. The second-order valence-corrected chi connectivity index (χ2v) is 26.0. The molecule has 0 aromatic heterocycles. The van der Waals surface area contributed by atoms with Crippen molar-refractivity contribution >= 4 is 56.9 Å². The first-order valence-electron chi connectivity index (χ1n) is 22.3. The van der Waals surface area contributed by atoms with E-state index in [1.165, 1.54) is 0 Å². The summed E-state index contributed by atoms with van der Waals surface area (Å²) in [5.41, 5.74) is 0.884. The molecular weight excluding hydrogens is 933 g/mol. The lowest BCUT2D eigenvalue weighted by Gasteiger charge is -2.42. The summed E-state index contributed by atoms with van der Waals surface area (Å²) >= 11 is 0. The Hall–Kier alpha value is -7.16. The molecule has 0 radical (unpaired) electrons. The van der Waals surface area contributed by atoms with E-state index in [1.807, 2.05) is 231 Å². The van der Waals surface area contributed by atoms with Crippen molar-refractivity contribution in [2.75, 3.05) is 0 Å². The lowest BCUT2D eigenvalue weighted by Crippen LogP contribution is -2.32. The van der Waals surface area contributed by atoms with E-state index in [0.29, 0.717) is 23.0 Å². The molecule has 0 heterocycles. The topological polar surface area (TPSA) is 95.8 Å². The zero-order chi connectivity index (χ0) is 47.3. The summed E-state index contributed by atoms with van der Waals surface area (Å²) < 4.78 is 71.2. The van der Waals surface area contributed by atoms with Crippen LogP contribution in [0.15, 0.2) is 288 Å². The highest BCUT2D eigenvalue weighted by Gasteiger charge is 2.50. The molecular formula is C57H48N2O6P4. The number of hydrogen-bond donors (Lipinski definition) is 0. The Bertz CT molecular complexity index is 2910. The monoisotopic (exact) mass is 980 g/mol. The molecule has 0 unspecified atom stereocenters. The highest BCUT2D eigenvalue weighted by molar-refractivity contribution is 7.99. The molecule has 0 aliphatic rings. The summed E-state index contributed by atoms with van der Waals surface area (Å²) in [6.45, 7) is 0. The van der Waals surface area contributed by atoms with Gasteiger partial charge in [-0.25, -0.2) is 9.13 Å². The van der Waals surface area contributed by atoms with Crippen molar-refractivity contribution in [1.29, 1.82) is 0 Å². The number of benzene rings is 9. The van der Waals surface area contributed by atoms with Crippen LogP contribution >= 0.6 is 29.6 Å². The molecule has 0 saturated carbocycles. The maximum absolute atomic E-state index is 16.5. The minimum Gasteiger partial charge on any atom is -0.399 e. The number of rotatable bonds is 18. The molecule has 9 rings (SSSR count). The quantitative estimate of drug-likeness (QED) is 0.0795. The minimum absolute atomic E-state index is 0.296. The first-order valence-corrected chi connectivity index (χ1v) is 28.9. The number of para-hydroxylation sites is 4. The summed E-state index contributed by atoms with van der Waals surface area (Å²) in [7, 11) is -17.0. The molecule has 0 amide bonds. The highest BCUT2D eigenvalue weighted by Crippen LogP contribution is 2.76. The summed E-state index contributed by atoms with van der Waals surface area (Å²) in [5, 5.41) is 2.05. The van der Waals surface area contributed by atoms with Crippen LogP contribution in [0.3, 0.4) is 0 Å². The molecule has 0 fully saturated rings. The van der Waals surface area contributed by atoms with Gasteiger partial charge in [0.15, 0.2) is 0 Å². The van der Waals surface area contributed by atoms with Crippen LogP contribution in [0, 0.1) is 0 Å². The molecule has 9 aromatic carbocycles. The fourth-order valence-corrected chi connectivity index (χ4v) is 24.8. The third-order valence-electron chi connectivity index (χ3n) is 11.0.